The molecule has 0 radical (unpaired) electrons. The molecule has 0 aromatic heterocycles. The van der Waals surface area contributed by atoms with Gasteiger partial charge < -0.3 is 20.8 Å². The predicted octanol–water partition coefficient (Wildman–Crippen LogP) is 2.96. The zero-order chi connectivity index (χ0) is 32.0. The Labute approximate surface area is 256 Å². The van der Waals surface area contributed by atoms with Crippen LogP contribution in [0.5, 0.6) is 0 Å². The van der Waals surface area contributed by atoms with Crippen molar-refractivity contribution >= 4 is 47.1 Å². The molecular formula is C32H37N7O5. The molecule has 5 N–H and O–H groups in total. The highest BCUT2D eigenvalue weighted by Gasteiger charge is 2.39. The highest BCUT2D eigenvalue weighted by atomic mass is 16.6. The van der Waals surface area contributed by atoms with Crippen LogP contribution < -0.4 is 26.9 Å². The van der Waals surface area contributed by atoms with Gasteiger partial charge in [0.2, 0.25) is 17.7 Å². The molecule has 230 valence electrons. The van der Waals surface area contributed by atoms with Crippen molar-refractivity contribution in [2.45, 2.75) is 45.8 Å². The van der Waals surface area contributed by atoms with Gasteiger partial charge in [-0.1, -0.05) is 36.4 Å². The molecular weight excluding hydrogens is 562 g/mol. The fourth-order valence-corrected chi connectivity index (χ4v) is 4.77. The van der Waals surface area contributed by atoms with Gasteiger partial charge in [0.05, 0.1) is 16.9 Å². The molecule has 0 spiro atoms. The number of amides is 3. The largest absolute Gasteiger partial charge is 0.456 e. The van der Waals surface area contributed by atoms with E-state index in [2.05, 4.69) is 10.4 Å². The molecule has 0 saturated carbocycles. The summed E-state index contributed by atoms with van der Waals surface area (Å²) >= 11 is 0. The van der Waals surface area contributed by atoms with Gasteiger partial charge in [-0.3, -0.25) is 24.3 Å². The number of nitrogens with two attached hydrogens (primary N) is 2. The first-order chi connectivity index (χ1) is 20.9. The second-order valence-corrected chi connectivity index (χ2v) is 11.4. The molecule has 12 nitrogen and oxygen atoms in total. The Morgan fingerprint density at radius 3 is 2.34 bits per heavy atom. The third-order valence-corrected chi connectivity index (χ3v) is 6.85. The Hall–Kier alpha value is -5.23. The van der Waals surface area contributed by atoms with E-state index in [1.165, 1.54) is 21.1 Å². The van der Waals surface area contributed by atoms with E-state index in [0.717, 1.165) is 11.1 Å². The topological polar surface area (TPSA) is 164 Å². The lowest BCUT2D eigenvalue weighted by Crippen LogP contribution is -2.60. The molecule has 1 heterocycles. The van der Waals surface area contributed by atoms with E-state index in [0.29, 0.717) is 22.6 Å². The molecule has 1 saturated heterocycles. The van der Waals surface area contributed by atoms with Crippen LogP contribution in [-0.2, 0) is 25.5 Å². The molecule has 12 heteroatoms. The van der Waals surface area contributed by atoms with E-state index in [1.807, 2.05) is 43.3 Å². The number of carbonyl (C=O) groups is 4. The van der Waals surface area contributed by atoms with E-state index in [4.69, 9.17) is 16.4 Å². The van der Waals surface area contributed by atoms with Crippen LogP contribution in [0, 0.1) is 6.92 Å². The number of ether oxygens (including phenoxy) is 1. The van der Waals surface area contributed by atoms with Gasteiger partial charge in [-0.15, -0.1) is 0 Å². The zero-order valence-corrected chi connectivity index (χ0v) is 25.2. The summed E-state index contributed by atoms with van der Waals surface area (Å²) in [7, 11) is 0. The second kappa shape index (κ2) is 13.4. The summed E-state index contributed by atoms with van der Waals surface area (Å²) in [6.45, 7) is 6.56. The molecule has 0 bridgehead atoms. The van der Waals surface area contributed by atoms with Crippen LogP contribution in [0.15, 0.2) is 77.9 Å². The van der Waals surface area contributed by atoms with E-state index in [1.54, 1.807) is 57.2 Å². The summed E-state index contributed by atoms with van der Waals surface area (Å²) in [5.74, 6) is 9.57. The monoisotopic (exact) mass is 599 g/mol. The van der Waals surface area contributed by atoms with Gasteiger partial charge in [0.1, 0.15) is 31.1 Å². The average Bonchev–Trinajstić information content (AvgIpc) is 2.97. The summed E-state index contributed by atoms with van der Waals surface area (Å²) in [5, 5.41) is 7.44. The molecule has 1 aliphatic heterocycles. The van der Waals surface area contributed by atoms with E-state index in [-0.39, 0.29) is 25.4 Å². The Balaban J connectivity index is 1.58. The van der Waals surface area contributed by atoms with Crippen LogP contribution in [0.25, 0.3) is 0 Å². The van der Waals surface area contributed by atoms with Crippen molar-refractivity contribution in [3.63, 3.8) is 0 Å². The molecule has 1 unspecified atom stereocenters. The normalized spacial score (nSPS) is 14.5. The lowest BCUT2D eigenvalue weighted by molar-refractivity contribution is -0.143. The Bertz CT molecular complexity index is 1550. The van der Waals surface area contributed by atoms with E-state index in [9.17, 15) is 19.2 Å². The lowest BCUT2D eigenvalue weighted by atomic mass is 10.0. The number of anilines is 3. The van der Waals surface area contributed by atoms with Gasteiger partial charge >= 0.3 is 5.97 Å². The highest BCUT2D eigenvalue weighted by molar-refractivity contribution is 6.09. The van der Waals surface area contributed by atoms with Crippen LogP contribution in [0.2, 0.25) is 0 Å². The molecule has 0 aliphatic carbocycles. The third-order valence-electron chi connectivity index (χ3n) is 6.85. The Morgan fingerprint density at radius 2 is 1.70 bits per heavy atom. The minimum absolute atomic E-state index is 0.181. The minimum Gasteiger partial charge on any atom is -0.456 e. The number of esters is 1. The fraction of sp³-hybridized carbons (Fsp3) is 0.281. The number of carbonyl (C=O) groups excluding carboxylic acids is 4. The summed E-state index contributed by atoms with van der Waals surface area (Å²) in [5.41, 5.74) is 2.62. The molecule has 1 fully saturated rings. The number of piperazine rings is 1. The zero-order valence-electron chi connectivity index (χ0n) is 25.2. The quantitative estimate of drug-likeness (QED) is 0.111. The van der Waals surface area contributed by atoms with Gasteiger partial charge in [-0.2, -0.15) is 5.10 Å². The number of nitrogens with one attached hydrogen (secondary N) is 1. The number of hydrogen-bond acceptors (Lipinski definition) is 8. The van der Waals surface area contributed by atoms with Crippen molar-refractivity contribution in [1.29, 1.82) is 0 Å². The lowest BCUT2D eigenvalue weighted by Gasteiger charge is -2.39. The average molecular weight is 600 g/mol. The summed E-state index contributed by atoms with van der Waals surface area (Å²) < 4.78 is 5.40. The molecule has 44 heavy (non-hydrogen) atoms. The van der Waals surface area contributed by atoms with E-state index >= 15 is 0 Å². The van der Waals surface area contributed by atoms with Crippen molar-refractivity contribution in [1.82, 2.24) is 4.90 Å². The SMILES string of the molecule is Cc1ccc(N(N)/C=N\N)c(N2CC(=O)N(C(Cc3ccccc3)C(=O)Nc3ccc(C(=O)OC(C)(C)C)cc3)CC2=O)c1. The van der Waals surface area contributed by atoms with Crippen molar-refractivity contribution in [3.8, 4) is 0 Å². The molecule has 3 amide bonds. The van der Waals surface area contributed by atoms with E-state index < -0.39 is 29.4 Å². The number of hydrazine groups is 1. The summed E-state index contributed by atoms with van der Waals surface area (Å²) in [6, 6.07) is 19.8. The maximum absolute atomic E-state index is 13.7. The summed E-state index contributed by atoms with van der Waals surface area (Å²) in [4.78, 5) is 56.0. The number of benzene rings is 3. The number of hydrogen-bond donors (Lipinski definition) is 3. The highest BCUT2D eigenvalue weighted by Crippen LogP contribution is 2.31. The van der Waals surface area contributed by atoms with Crippen LogP contribution in [0.1, 0.15) is 42.3 Å². The predicted molar refractivity (Wildman–Crippen MR) is 169 cm³/mol. The van der Waals surface area contributed by atoms with Gasteiger partial charge in [0, 0.05) is 12.1 Å². The van der Waals surface area contributed by atoms with Crippen LogP contribution in [0.3, 0.4) is 0 Å². The fourth-order valence-electron chi connectivity index (χ4n) is 4.77. The first kappa shape index (κ1) is 31.7. The van der Waals surface area contributed by atoms with Crippen LogP contribution in [0.4, 0.5) is 17.1 Å². The second-order valence-electron chi connectivity index (χ2n) is 11.4. The molecule has 3 aromatic rings. The van der Waals surface area contributed by atoms with Gasteiger partial charge in [0.15, 0.2) is 0 Å². The minimum atomic E-state index is -0.992. The van der Waals surface area contributed by atoms with Gasteiger partial charge in [0.25, 0.3) is 0 Å². The first-order valence-electron chi connectivity index (χ1n) is 14.0. The summed E-state index contributed by atoms with van der Waals surface area (Å²) in [6.07, 6.45) is 1.37. The van der Waals surface area contributed by atoms with Crippen molar-refractivity contribution in [2.75, 3.05) is 28.3 Å². The maximum Gasteiger partial charge on any atom is 0.338 e. The van der Waals surface area contributed by atoms with Crippen molar-refractivity contribution < 1.29 is 23.9 Å². The standard InChI is InChI=1S/C32H37N7O5/c1-21-10-15-25(39(34)20-35-33)26(16-21)37-18-29(41)38(19-28(37)40)27(17-22-8-6-5-7-9-22)30(42)36-24-13-11-23(12-14-24)31(43)44-32(2,3)4/h5-16,20,27H,17-19,33-34H2,1-4H3,(H,36,42)/b35-20-. The first-order valence-corrected chi connectivity index (χ1v) is 14.0. The Kier molecular flexibility index (Phi) is 9.64. The maximum atomic E-state index is 13.7. The smallest absolute Gasteiger partial charge is 0.338 e. The molecule has 1 aliphatic rings. The third kappa shape index (κ3) is 7.78. The number of aryl methyl sites for hydroxylation is 1. The van der Waals surface area contributed by atoms with Crippen molar-refractivity contribution in [2.24, 2.45) is 16.8 Å². The Morgan fingerprint density at radius 1 is 1.02 bits per heavy atom. The number of hydrazone groups is 1. The van der Waals surface area contributed by atoms with Crippen LogP contribution >= 0.6 is 0 Å². The van der Waals surface area contributed by atoms with Crippen molar-refractivity contribution in [3.05, 3.63) is 89.5 Å². The molecule has 3 aromatic carbocycles. The molecule has 1 atom stereocenters. The number of rotatable bonds is 9. The number of nitrogens with zero attached hydrogens (tertiary/aromatic N) is 4. The van der Waals surface area contributed by atoms with Crippen LogP contribution in [-0.4, -0.2) is 59.7 Å². The van der Waals surface area contributed by atoms with Gasteiger partial charge in [-0.05, 0) is 75.2 Å². The van der Waals surface area contributed by atoms with Gasteiger partial charge in [-0.25, -0.2) is 10.6 Å². The molecule has 4 rings (SSSR count).